The number of methoxy groups -OCH3 is 1. The van der Waals surface area contributed by atoms with Crippen LogP contribution in [0.2, 0.25) is 0 Å². The molecule has 154 valence electrons. The van der Waals surface area contributed by atoms with Crippen molar-refractivity contribution in [3.8, 4) is 11.1 Å². The van der Waals surface area contributed by atoms with Crippen molar-refractivity contribution in [3.63, 3.8) is 0 Å². The van der Waals surface area contributed by atoms with Gasteiger partial charge in [-0.1, -0.05) is 18.2 Å². The predicted molar refractivity (Wildman–Crippen MR) is 120 cm³/mol. The maximum atomic E-state index is 13.8. The molecule has 0 radical (unpaired) electrons. The summed E-state index contributed by atoms with van der Waals surface area (Å²) >= 11 is 1.56. The van der Waals surface area contributed by atoms with E-state index in [1.54, 1.807) is 18.4 Å². The number of benzene rings is 1. The van der Waals surface area contributed by atoms with Gasteiger partial charge in [-0.05, 0) is 63.5 Å². The molecule has 3 heterocycles. The van der Waals surface area contributed by atoms with E-state index in [1.165, 1.54) is 11.1 Å². The van der Waals surface area contributed by atoms with Crippen molar-refractivity contribution >= 4 is 21.6 Å². The number of thiophene rings is 1. The number of ether oxygens (including phenoxy) is 1. The zero-order chi connectivity index (χ0) is 20.5. The summed E-state index contributed by atoms with van der Waals surface area (Å²) in [7, 11) is 3.84. The van der Waals surface area contributed by atoms with Crippen LogP contribution in [0.4, 0.5) is 0 Å². The van der Waals surface area contributed by atoms with Gasteiger partial charge in [0.2, 0.25) is 0 Å². The summed E-state index contributed by atoms with van der Waals surface area (Å²) in [6, 6.07) is 6.62. The zero-order valence-corrected chi connectivity index (χ0v) is 18.5. The third kappa shape index (κ3) is 3.89. The Morgan fingerprint density at radius 1 is 1.21 bits per heavy atom. The molecule has 5 nitrogen and oxygen atoms in total. The van der Waals surface area contributed by atoms with E-state index in [9.17, 15) is 4.79 Å². The Balaban J connectivity index is 1.88. The van der Waals surface area contributed by atoms with Gasteiger partial charge in [-0.2, -0.15) is 0 Å². The Kier molecular flexibility index (Phi) is 5.86. The first-order valence-electron chi connectivity index (χ1n) is 10.3. The van der Waals surface area contributed by atoms with Gasteiger partial charge in [0.15, 0.2) is 0 Å². The zero-order valence-electron chi connectivity index (χ0n) is 17.7. The van der Waals surface area contributed by atoms with Crippen molar-refractivity contribution in [2.45, 2.75) is 39.2 Å². The van der Waals surface area contributed by atoms with Gasteiger partial charge in [-0.3, -0.25) is 9.36 Å². The first-order chi connectivity index (χ1) is 14.0. The van der Waals surface area contributed by atoms with E-state index >= 15 is 0 Å². The van der Waals surface area contributed by atoms with E-state index in [2.05, 4.69) is 49.4 Å². The van der Waals surface area contributed by atoms with Crippen molar-refractivity contribution in [1.29, 1.82) is 0 Å². The van der Waals surface area contributed by atoms with Crippen molar-refractivity contribution in [3.05, 3.63) is 50.9 Å². The standard InChI is InChI=1S/C23H29N3O2S/c1-15-5-6-17(13-16(15)2)19-14-29-22-21(19)23(27)26(20(24-22)9-12-28-4)18-7-10-25(3)11-8-18/h5-6,13-14,18H,7-12H2,1-4H3. The van der Waals surface area contributed by atoms with Crippen LogP contribution >= 0.6 is 11.3 Å². The van der Waals surface area contributed by atoms with Gasteiger partial charge in [0, 0.05) is 30.5 Å². The molecule has 0 atom stereocenters. The Hall–Kier alpha value is -2.02. The molecule has 0 spiro atoms. The van der Waals surface area contributed by atoms with Gasteiger partial charge in [-0.25, -0.2) is 4.98 Å². The lowest BCUT2D eigenvalue weighted by molar-refractivity contribution is 0.191. The van der Waals surface area contributed by atoms with Crippen LogP contribution in [-0.2, 0) is 11.2 Å². The number of hydrogen-bond donors (Lipinski definition) is 0. The van der Waals surface area contributed by atoms with Gasteiger partial charge < -0.3 is 9.64 Å². The molecule has 29 heavy (non-hydrogen) atoms. The molecule has 0 amide bonds. The summed E-state index contributed by atoms with van der Waals surface area (Å²) in [4.78, 5) is 21.9. The van der Waals surface area contributed by atoms with Gasteiger partial charge in [0.1, 0.15) is 10.7 Å². The maximum Gasteiger partial charge on any atom is 0.263 e. The molecule has 3 aromatic rings. The van der Waals surface area contributed by atoms with Gasteiger partial charge in [0.25, 0.3) is 5.56 Å². The van der Waals surface area contributed by atoms with E-state index in [4.69, 9.17) is 9.72 Å². The predicted octanol–water partition coefficient (Wildman–Crippen LogP) is 4.20. The average molecular weight is 412 g/mol. The largest absolute Gasteiger partial charge is 0.384 e. The van der Waals surface area contributed by atoms with Crippen LogP contribution in [0.5, 0.6) is 0 Å². The highest BCUT2D eigenvalue weighted by Crippen LogP contribution is 2.33. The first kappa shape index (κ1) is 20.3. The number of piperidine rings is 1. The molecule has 1 fully saturated rings. The van der Waals surface area contributed by atoms with E-state index in [-0.39, 0.29) is 11.6 Å². The van der Waals surface area contributed by atoms with Crippen LogP contribution in [0.15, 0.2) is 28.4 Å². The summed E-state index contributed by atoms with van der Waals surface area (Å²) < 4.78 is 7.27. The van der Waals surface area contributed by atoms with E-state index in [0.29, 0.717) is 13.0 Å². The van der Waals surface area contributed by atoms with Crippen molar-refractivity contribution < 1.29 is 4.74 Å². The summed E-state index contributed by atoms with van der Waals surface area (Å²) in [5.74, 6) is 0.854. The highest BCUT2D eigenvalue weighted by atomic mass is 32.1. The fraction of sp³-hybridized carbons (Fsp3) is 0.478. The van der Waals surface area contributed by atoms with Crippen LogP contribution in [0.1, 0.15) is 35.8 Å². The lowest BCUT2D eigenvalue weighted by Gasteiger charge is -2.31. The summed E-state index contributed by atoms with van der Waals surface area (Å²) in [5.41, 5.74) is 4.70. The number of rotatable bonds is 5. The van der Waals surface area contributed by atoms with E-state index < -0.39 is 0 Å². The second-order valence-electron chi connectivity index (χ2n) is 8.11. The number of nitrogens with zero attached hydrogens (tertiary/aromatic N) is 3. The Labute approximate surface area is 176 Å². The fourth-order valence-corrected chi connectivity index (χ4v) is 5.12. The van der Waals surface area contributed by atoms with Crippen LogP contribution < -0.4 is 5.56 Å². The topological polar surface area (TPSA) is 47.4 Å². The average Bonchev–Trinajstić information content (AvgIpc) is 3.14. The van der Waals surface area contributed by atoms with E-state index in [1.807, 2.05) is 4.57 Å². The molecule has 0 aliphatic carbocycles. The third-order valence-electron chi connectivity index (χ3n) is 6.11. The molecular formula is C23H29N3O2S. The summed E-state index contributed by atoms with van der Waals surface area (Å²) in [5, 5.41) is 2.85. The number of aryl methyl sites for hydroxylation is 2. The number of likely N-dealkylation sites (tertiary alicyclic amines) is 1. The minimum Gasteiger partial charge on any atom is -0.384 e. The van der Waals surface area contributed by atoms with E-state index in [0.717, 1.165) is 53.1 Å². The summed E-state index contributed by atoms with van der Waals surface area (Å²) in [6.07, 6.45) is 2.62. The second-order valence-corrected chi connectivity index (χ2v) is 8.97. The highest BCUT2D eigenvalue weighted by molar-refractivity contribution is 7.17. The molecular weight excluding hydrogens is 382 g/mol. The molecule has 0 saturated carbocycles. The molecule has 1 aromatic carbocycles. The first-order valence-corrected chi connectivity index (χ1v) is 11.1. The quantitative estimate of drug-likeness (QED) is 0.631. The molecule has 4 rings (SSSR count). The van der Waals surface area contributed by atoms with Gasteiger partial charge in [0.05, 0.1) is 12.0 Å². The molecule has 0 N–H and O–H groups in total. The molecule has 1 saturated heterocycles. The molecule has 1 aliphatic rings. The lowest BCUT2D eigenvalue weighted by atomic mass is 10.0. The third-order valence-corrected chi connectivity index (χ3v) is 6.99. The molecule has 0 unspecified atom stereocenters. The Morgan fingerprint density at radius 3 is 2.66 bits per heavy atom. The SMILES string of the molecule is COCCc1nc2scc(-c3ccc(C)c(C)c3)c2c(=O)n1C1CCN(C)CC1. The Bertz CT molecular complexity index is 1080. The van der Waals surface area contributed by atoms with Crippen LogP contribution in [0.25, 0.3) is 21.3 Å². The highest BCUT2D eigenvalue weighted by Gasteiger charge is 2.25. The van der Waals surface area contributed by atoms with Gasteiger partial charge >= 0.3 is 0 Å². The Morgan fingerprint density at radius 2 is 1.97 bits per heavy atom. The molecule has 6 heteroatoms. The number of hydrogen-bond acceptors (Lipinski definition) is 5. The smallest absolute Gasteiger partial charge is 0.263 e. The number of aromatic nitrogens is 2. The van der Waals surface area contributed by atoms with Gasteiger partial charge in [-0.15, -0.1) is 11.3 Å². The number of fused-ring (bicyclic) bond motifs is 1. The molecule has 1 aliphatic heterocycles. The van der Waals surface area contributed by atoms with Crippen molar-refractivity contribution in [2.75, 3.05) is 33.9 Å². The summed E-state index contributed by atoms with van der Waals surface area (Å²) in [6.45, 7) is 6.81. The molecule has 0 bridgehead atoms. The minimum absolute atomic E-state index is 0.102. The van der Waals surface area contributed by atoms with Crippen LogP contribution in [0, 0.1) is 13.8 Å². The van der Waals surface area contributed by atoms with Crippen molar-refractivity contribution in [2.24, 2.45) is 0 Å². The van der Waals surface area contributed by atoms with Crippen molar-refractivity contribution in [1.82, 2.24) is 14.5 Å². The monoisotopic (exact) mass is 411 g/mol. The lowest BCUT2D eigenvalue weighted by Crippen LogP contribution is -2.37. The normalized spacial score (nSPS) is 16.0. The minimum atomic E-state index is 0.102. The second kappa shape index (κ2) is 8.38. The van der Waals surface area contributed by atoms with Crippen LogP contribution in [0.3, 0.4) is 0 Å². The fourth-order valence-electron chi connectivity index (χ4n) is 4.17. The maximum absolute atomic E-state index is 13.8. The molecule has 2 aromatic heterocycles. The van der Waals surface area contributed by atoms with Crippen LogP contribution in [-0.4, -0.2) is 48.3 Å².